The van der Waals surface area contributed by atoms with Gasteiger partial charge in [0.15, 0.2) is 0 Å². The van der Waals surface area contributed by atoms with Gasteiger partial charge < -0.3 is 10.6 Å². The summed E-state index contributed by atoms with van der Waals surface area (Å²) in [5, 5.41) is 0. The van der Waals surface area contributed by atoms with E-state index in [4.69, 9.17) is 5.73 Å². The minimum absolute atomic E-state index is 0.319. The van der Waals surface area contributed by atoms with Crippen LogP contribution in [0.25, 0.3) is 0 Å². The van der Waals surface area contributed by atoms with Crippen LogP contribution in [-0.2, 0) is 4.79 Å². The topological polar surface area (TPSA) is 49.6 Å². The first-order valence-electron chi connectivity index (χ1n) is 8.49. The second kappa shape index (κ2) is 7.99. The standard InChI is InChI=1S/C16H31N3O/c1-2-19(14-8-4-3-5-9-14)16(20)13-18-11-7-6-10-15(18)12-17/h14-15H,2-13,17H2,1H3. The zero-order valence-electron chi connectivity index (χ0n) is 13.0. The molecule has 2 N–H and O–H groups in total. The van der Waals surface area contributed by atoms with E-state index in [1.165, 1.54) is 44.9 Å². The molecule has 1 aliphatic heterocycles. The zero-order chi connectivity index (χ0) is 14.4. The van der Waals surface area contributed by atoms with Crippen LogP contribution in [0, 0.1) is 0 Å². The Morgan fingerprint density at radius 1 is 1.15 bits per heavy atom. The van der Waals surface area contributed by atoms with Gasteiger partial charge in [-0.05, 0) is 39.2 Å². The first kappa shape index (κ1) is 15.8. The van der Waals surface area contributed by atoms with Crippen molar-refractivity contribution in [1.29, 1.82) is 0 Å². The molecule has 1 aliphatic carbocycles. The smallest absolute Gasteiger partial charge is 0.236 e. The van der Waals surface area contributed by atoms with Gasteiger partial charge in [-0.2, -0.15) is 0 Å². The molecule has 4 heteroatoms. The van der Waals surface area contributed by atoms with Crippen molar-refractivity contribution in [2.45, 2.75) is 70.4 Å². The summed E-state index contributed by atoms with van der Waals surface area (Å²) in [6.45, 7) is 5.26. The Kier molecular flexibility index (Phi) is 6.30. The van der Waals surface area contributed by atoms with Crippen molar-refractivity contribution >= 4 is 5.91 Å². The number of nitrogens with two attached hydrogens (primary N) is 1. The van der Waals surface area contributed by atoms with Crippen molar-refractivity contribution in [2.24, 2.45) is 5.73 Å². The first-order chi connectivity index (χ1) is 9.76. The number of likely N-dealkylation sites (tertiary alicyclic amines) is 1. The van der Waals surface area contributed by atoms with Crippen LogP contribution in [0.2, 0.25) is 0 Å². The van der Waals surface area contributed by atoms with Crippen molar-refractivity contribution in [1.82, 2.24) is 9.80 Å². The molecule has 0 aromatic heterocycles. The SMILES string of the molecule is CCN(C(=O)CN1CCCCC1CN)C1CCCCC1. The molecule has 2 aliphatic rings. The highest BCUT2D eigenvalue weighted by molar-refractivity contribution is 5.78. The van der Waals surface area contributed by atoms with E-state index in [1.54, 1.807) is 0 Å². The number of piperidine rings is 1. The Morgan fingerprint density at radius 2 is 1.85 bits per heavy atom. The van der Waals surface area contributed by atoms with Gasteiger partial charge in [0.1, 0.15) is 0 Å². The fourth-order valence-electron chi connectivity index (χ4n) is 3.83. The quantitative estimate of drug-likeness (QED) is 0.838. The highest BCUT2D eigenvalue weighted by Crippen LogP contribution is 2.23. The Balaban J connectivity index is 1.90. The number of nitrogens with zero attached hydrogens (tertiary/aromatic N) is 2. The third-order valence-corrected chi connectivity index (χ3v) is 5.04. The van der Waals surface area contributed by atoms with E-state index in [9.17, 15) is 4.79 Å². The molecule has 4 nitrogen and oxygen atoms in total. The molecule has 116 valence electrons. The van der Waals surface area contributed by atoms with Gasteiger partial charge in [0, 0.05) is 25.2 Å². The van der Waals surface area contributed by atoms with Crippen LogP contribution in [-0.4, -0.2) is 54.0 Å². The van der Waals surface area contributed by atoms with Gasteiger partial charge in [-0.3, -0.25) is 9.69 Å². The summed E-state index contributed by atoms with van der Waals surface area (Å²) in [5.41, 5.74) is 5.85. The molecule has 0 aromatic carbocycles. The highest BCUT2D eigenvalue weighted by atomic mass is 16.2. The van der Waals surface area contributed by atoms with E-state index in [0.717, 1.165) is 19.5 Å². The number of carbonyl (C=O) groups excluding carboxylic acids is 1. The molecule has 1 amide bonds. The lowest BCUT2D eigenvalue weighted by atomic mass is 9.94. The maximum atomic E-state index is 12.6. The molecule has 0 bridgehead atoms. The van der Waals surface area contributed by atoms with Gasteiger partial charge in [0.25, 0.3) is 0 Å². The number of likely N-dealkylation sites (N-methyl/N-ethyl adjacent to an activating group) is 1. The second-order valence-electron chi connectivity index (χ2n) is 6.33. The molecule has 0 spiro atoms. The average Bonchev–Trinajstić information content (AvgIpc) is 2.49. The zero-order valence-corrected chi connectivity index (χ0v) is 13.0. The van der Waals surface area contributed by atoms with E-state index in [-0.39, 0.29) is 0 Å². The van der Waals surface area contributed by atoms with Gasteiger partial charge in [-0.15, -0.1) is 0 Å². The number of hydrogen-bond donors (Lipinski definition) is 1. The Bertz CT molecular complexity index is 302. The van der Waals surface area contributed by atoms with Crippen LogP contribution >= 0.6 is 0 Å². The van der Waals surface area contributed by atoms with Crippen molar-refractivity contribution in [3.8, 4) is 0 Å². The fraction of sp³-hybridized carbons (Fsp3) is 0.938. The highest BCUT2D eigenvalue weighted by Gasteiger charge is 2.28. The lowest BCUT2D eigenvalue weighted by Gasteiger charge is -2.38. The predicted molar refractivity (Wildman–Crippen MR) is 82.5 cm³/mol. The molecule has 0 radical (unpaired) electrons. The van der Waals surface area contributed by atoms with Gasteiger partial charge in [0.2, 0.25) is 5.91 Å². The van der Waals surface area contributed by atoms with E-state index in [2.05, 4.69) is 16.7 Å². The third-order valence-electron chi connectivity index (χ3n) is 5.04. The van der Waals surface area contributed by atoms with Crippen LogP contribution in [0.3, 0.4) is 0 Å². The summed E-state index contributed by atoms with van der Waals surface area (Å²) in [6, 6.07) is 0.903. The third kappa shape index (κ3) is 3.95. The average molecular weight is 281 g/mol. The van der Waals surface area contributed by atoms with E-state index in [0.29, 0.717) is 31.1 Å². The summed E-state index contributed by atoms with van der Waals surface area (Å²) < 4.78 is 0. The molecule has 1 heterocycles. The summed E-state index contributed by atoms with van der Waals surface area (Å²) >= 11 is 0. The first-order valence-corrected chi connectivity index (χ1v) is 8.49. The van der Waals surface area contributed by atoms with Gasteiger partial charge in [-0.25, -0.2) is 0 Å². The summed E-state index contributed by atoms with van der Waals surface area (Å²) in [6.07, 6.45) is 9.90. The van der Waals surface area contributed by atoms with Crippen molar-refractivity contribution in [2.75, 3.05) is 26.2 Å². The number of carbonyl (C=O) groups is 1. The Labute approximate surface area is 123 Å². The fourth-order valence-corrected chi connectivity index (χ4v) is 3.83. The van der Waals surface area contributed by atoms with Gasteiger partial charge >= 0.3 is 0 Å². The van der Waals surface area contributed by atoms with E-state index >= 15 is 0 Å². The predicted octanol–water partition coefficient (Wildman–Crippen LogP) is 1.98. The normalized spacial score (nSPS) is 25.6. The van der Waals surface area contributed by atoms with Crippen molar-refractivity contribution in [3.63, 3.8) is 0 Å². The monoisotopic (exact) mass is 281 g/mol. The molecule has 2 rings (SSSR count). The minimum atomic E-state index is 0.319. The number of rotatable bonds is 5. The molecule has 0 aromatic rings. The molecular weight excluding hydrogens is 250 g/mol. The minimum Gasteiger partial charge on any atom is -0.339 e. The van der Waals surface area contributed by atoms with Crippen LogP contribution in [0.1, 0.15) is 58.3 Å². The van der Waals surface area contributed by atoms with Crippen LogP contribution in [0.5, 0.6) is 0 Å². The van der Waals surface area contributed by atoms with E-state index < -0.39 is 0 Å². The largest absolute Gasteiger partial charge is 0.339 e. The Morgan fingerprint density at radius 3 is 2.50 bits per heavy atom. The number of hydrogen-bond acceptors (Lipinski definition) is 3. The van der Waals surface area contributed by atoms with Crippen LogP contribution in [0.4, 0.5) is 0 Å². The molecular formula is C16H31N3O. The lowest BCUT2D eigenvalue weighted by Crippen LogP contribution is -2.51. The van der Waals surface area contributed by atoms with Crippen LogP contribution in [0.15, 0.2) is 0 Å². The van der Waals surface area contributed by atoms with Gasteiger partial charge in [-0.1, -0.05) is 25.7 Å². The molecule has 1 unspecified atom stereocenters. The summed E-state index contributed by atoms with van der Waals surface area (Å²) in [5.74, 6) is 0.319. The lowest BCUT2D eigenvalue weighted by molar-refractivity contribution is -0.136. The van der Waals surface area contributed by atoms with Crippen molar-refractivity contribution < 1.29 is 4.79 Å². The van der Waals surface area contributed by atoms with Gasteiger partial charge in [0.05, 0.1) is 6.54 Å². The molecule has 1 atom stereocenters. The van der Waals surface area contributed by atoms with Crippen LogP contribution < -0.4 is 5.73 Å². The number of amides is 1. The van der Waals surface area contributed by atoms with Crippen molar-refractivity contribution in [3.05, 3.63) is 0 Å². The summed E-state index contributed by atoms with van der Waals surface area (Å²) in [4.78, 5) is 17.1. The Hall–Kier alpha value is -0.610. The van der Waals surface area contributed by atoms with E-state index in [1.807, 2.05) is 0 Å². The molecule has 1 saturated heterocycles. The molecule has 2 fully saturated rings. The maximum absolute atomic E-state index is 12.6. The summed E-state index contributed by atoms with van der Waals surface area (Å²) in [7, 11) is 0. The molecule has 20 heavy (non-hydrogen) atoms. The second-order valence-corrected chi connectivity index (χ2v) is 6.33. The maximum Gasteiger partial charge on any atom is 0.236 e. The molecule has 1 saturated carbocycles.